The Hall–Kier alpha value is -2.23. The van der Waals surface area contributed by atoms with Crippen LogP contribution in [0, 0.1) is 0 Å². The Morgan fingerprint density at radius 2 is 1.89 bits per heavy atom. The van der Waals surface area contributed by atoms with E-state index in [-0.39, 0.29) is 24.0 Å². The van der Waals surface area contributed by atoms with Gasteiger partial charge in [0.1, 0.15) is 11.9 Å². The number of hydrogen-bond acceptors (Lipinski definition) is 4. The Morgan fingerprint density at radius 3 is 2.41 bits per heavy atom. The maximum Gasteiger partial charge on any atom is 0.573 e. The normalized spacial score (nSPS) is 21.2. The van der Waals surface area contributed by atoms with E-state index in [1.807, 2.05) is 11.8 Å². The smallest absolute Gasteiger partial charge is 0.444 e. The second-order valence-corrected chi connectivity index (χ2v) is 6.95. The molecule has 0 aliphatic carbocycles. The number of amides is 1. The van der Waals surface area contributed by atoms with Crippen molar-refractivity contribution in [2.24, 2.45) is 0 Å². The van der Waals surface area contributed by atoms with E-state index in [1.165, 1.54) is 24.3 Å². The number of nitrogens with one attached hydrogen (secondary N) is 1. The van der Waals surface area contributed by atoms with Crippen LogP contribution in [0.3, 0.4) is 0 Å². The molecule has 1 aromatic carbocycles. The van der Waals surface area contributed by atoms with Crippen LogP contribution in [0.4, 0.5) is 23.7 Å². The maximum absolute atomic E-state index is 12.2. The van der Waals surface area contributed by atoms with E-state index in [0.29, 0.717) is 30.4 Å². The molecule has 0 aromatic heterocycles. The van der Waals surface area contributed by atoms with Crippen LogP contribution in [0.2, 0.25) is 0 Å². The third-order valence-corrected chi connectivity index (χ3v) is 4.88. The lowest BCUT2D eigenvalue weighted by Crippen LogP contribution is -2.48. The number of ether oxygens (including phenoxy) is 2. The minimum atomic E-state index is -4.71. The fraction of sp³-hybridized carbons (Fsp3) is 0.529. The van der Waals surface area contributed by atoms with E-state index in [2.05, 4.69) is 10.1 Å². The molecule has 0 radical (unpaired) electrons. The molecule has 1 N–H and O–H groups in total. The van der Waals surface area contributed by atoms with Crippen LogP contribution in [-0.2, 0) is 4.74 Å². The number of carbonyl (C=O) groups is 1. The summed E-state index contributed by atoms with van der Waals surface area (Å²) >= 11 is 5.39. The first-order chi connectivity index (χ1) is 12.7. The van der Waals surface area contributed by atoms with Crippen molar-refractivity contribution in [2.75, 3.05) is 25.0 Å². The monoisotopic (exact) mass is 403 g/mol. The van der Waals surface area contributed by atoms with Gasteiger partial charge in [-0.05, 0) is 56.2 Å². The molecule has 2 aliphatic rings. The van der Waals surface area contributed by atoms with Crippen LogP contribution in [0.25, 0.3) is 0 Å². The van der Waals surface area contributed by atoms with Crippen molar-refractivity contribution in [3.8, 4) is 5.75 Å². The third-order valence-electron chi connectivity index (χ3n) is 4.52. The van der Waals surface area contributed by atoms with Crippen molar-refractivity contribution in [2.45, 2.75) is 38.3 Å². The molecule has 1 unspecified atom stereocenters. The van der Waals surface area contributed by atoms with E-state index in [9.17, 15) is 18.0 Å². The van der Waals surface area contributed by atoms with Gasteiger partial charge in [-0.3, -0.25) is 0 Å². The molecule has 3 rings (SSSR count). The highest BCUT2D eigenvalue weighted by atomic mass is 32.1. The molecule has 1 aromatic rings. The fourth-order valence-electron chi connectivity index (χ4n) is 3.25. The molecular formula is C17H20F3N3O3S. The van der Waals surface area contributed by atoms with Gasteiger partial charge in [0.15, 0.2) is 5.11 Å². The van der Waals surface area contributed by atoms with E-state index in [4.69, 9.17) is 17.0 Å². The van der Waals surface area contributed by atoms with Crippen LogP contribution in [-0.4, -0.2) is 59.1 Å². The summed E-state index contributed by atoms with van der Waals surface area (Å²) in [4.78, 5) is 15.6. The van der Waals surface area contributed by atoms with E-state index in [0.717, 1.165) is 12.8 Å². The number of rotatable bonds is 3. The minimum Gasteiger partial charge on any atom is -0.444 e. The fourth-order valence-corrected chi connectivity index (χ4v) is 3.55. The number of carbonyl (C=O) groups excluding carboxylic acids is 1. The van der Waals surface area contributed by atoms with Gasteiger partial charge in [-0.25, -0.2) is 4.79 Å². The second kappa shape index (κ2) is 7.79. The molecule has 0 bridgehead atoms. The number of likely N-dealkylation sites (tertiary alicyclic amines) is 1. The predicted octanol–water partition coefficient (Wildman–Crippen LogP) is 3.59. The largest absolute Gasteiger partial charge is 0.573 e. The highest BCUT2D eigenvalue weighted by molar-refractivity contribution is 7.80. The van der Waals surface area contributed by atoms with Crippen LogP contribution in [0.1, 0.15) is 19.8 Å². The molecule has 2 fully saturated rings. The van der Waals surface area contributed by atoms with E-state index < -0.39 is 6.36 Å². The molecule has 2 saturated heterocycles. The van der Waals surface area contributed by atoms with Crippen molar-refractivity contribution in [3.05, 3.63) is 24.3 Å². The molecular weight excluding hydrogens is 383 g/mol. The SMILES string of the molecule is CC1CN(C2CCN(C(=S)Nc3ccc(OC(F)(F)F)cc3)CC2)C(=O)O1. The lowest BCUT2D eigenvalue weighted by molar-refractivity contribution is -0.274. The van der Waals surface area contributed by atoms with Gasteiger partial charge in [0.25, 0.3) is 0 Å². The summed E-state index contributed by atoms with van der Waals surface area (Å²) < 4.78 is 45.6. The number of alkyl halides is 3. The molecule has 0 spiro atoms. The molecule has 1 atom stereocenters. The van der Waals surface area contributed by atoms with Crippen molar-refractivity contribution in [1.82, 2.24) is 9.80 Å². The summed E-state index contributed by atoms with van der Waals surface area (Å²) in [5.74, 6) is -0.286. The molecule has 6 nitrogen and oxygen atoms in total. The van der Waals surface area contributed by atoms with Gasteiger partial charge in [0, 0.05) is 24.8 Å². The lowest BCUT2D eigenvalue weighted by Gasteiger charge is -2.36. The quantitative estimate of drug-likeness (QED) is 0.779. The number of nitrogens with zero attached hydrogens (tertiary/aromatic N) is 2. The van der Waals surface area contributed by atoms with E-state index >= 15 is 0 Å². The zero-order chi connectivity index (χ0) is 19.6. The number of halogens is 3. The zero-order valence-corrected chi connectivity index (χ0v) is 15.5. The number of benzene rings is 1. The van der Waals surface area contributed by atoms with Crippen molar-refractivity contribution in [3.63, 3.8) is 0 Å². The molecule has 148 valence electrons. The van der Waals surface area contributed by atoms with Crippen LogP contribution in [0.15, 0.2) is 24.3 Å². The Morgan fingerprint density at radius 1 is 1.26 bits per heavy atom. The first-order valence-corrected chi connectivity index (χ1v) is 9.01. The number of piperidine rings is 1. The van der Waals surface area contributed by atoms with Gasteiger partial charge >= 0.3 is 12.5 Å². The molecule has 27 heavy (non-hydrogen) atoms. The second-order valence-electron chi connectivity index (χ2n) is 6.57. The average Bonchev–Trinajstić information content (AvgIpc) is 2.94. The van der Waals surface area contributed by atoms with Gasteiger partial charge in [-0.15, -0.1) is 13.2 Å². The standard InChI is InChI=1S/C17H20F3N3O3S/c1-11-10-23(16(24)25-11)13-6-8-22(9-7-13)15(27)21-12-2-4-14(5-3-12)26-17(18,19)20/h2-5,11,13H,6-10H2,1H3,(H,21,27). The number of anilines is 1. The van der Waals surface area contributed by atoms with Crippen LogP contribution < -0.4 is 10.1 Å². The van der Waals surface area contributed by atoms with Gasteiger partial charge in [-0.2, -0.15) is 0 Å². The lowest BCUT2D eigenvalue weighted by atomic mass is 10.0. The minimum absolute atomic E-state index is 0.0810. The predicted molar refractivity (Wildman–Crippen MR) is 96.6 cm³/mol. The summed E-state index contributed by atoms with van der Waals surface area (Å²) in [5, 5.41) is 3.51. The molecule has 10 heteroatoms. The zero-order valence-electron chi connectivity index (χ0n) is 14.7. The average molecular weight is 403 g/mol. The van der Waals surface area contributed by atoms with Gasteiger partial charge < -0.3 is 24.6 Å². The van der Waals surface area contributed by atoms with Crippen molar-refractivity contribution < 1.29 is 27.4 Å². The molecule has 2 heterocycles. The maximum atomic E-state index is 12.2. The molecule has 2 aliphatic heterocycles. The first kappa shape index (κ1) is 19.5. The number of cyclic esters (lactones) is 1. The Labute approximate surface area is 160 Å². The number of hydrogen-bond donors (Lipinski definition) is 1. The summed E-state index contributed by atoms with van der Waals surface area (Å²) in [5.41, 5.74) is 0.577. The Kier molecular flexibility index (Phi) is 5.64. The third kappa shape index (κ3) is 5.15. The Bertz CT molecular complexity index is 691. The van der Waals surface area contributed by atoms with Crippen LogP contribution >= 0.6 is 12.2 Å². The van der Waals surface area contributed by atoms with E-state index in [1.54, 1.807) is 4.90 Å². The molecule has 1 amide bonds. The summed E-state index contributed by atoms with van der Waals surface area (Å²) in [6.07, 6.45) is -3.50. The Balaban J connectivity index is 1.49. The number of thiocarbonyl (C=S) groups is 1. The summed E-state index contributed by atoms with van der Waals surface area (Å²) in [7, 11) is 0. The van der Waals surface area contributed by atoms with Gasteiger partial charge in [0.2, 0.25) is 0 Å². The van der Waals surface area contributed by atoms with Crippen molar-refractivity contribution in [1.29, 1.82) is 0 Å². The highest BCUT2D eigenvalue weighted by Gasteiger charge is 2.36. The summed E-state index contributed by atoms with van der Waals surface area (Å²) in [6, 6.07) is 5.54. The van der Waals surface area contributed by atoms with Crippen molar-refractivity contribution >= 4 is 29.1 Å². The topological polar surface area (TPSA) is 54.0 Å². The molecule has 0 saturated carbocycles. The van der Waals surface area contributed by atoms with Crippen LogP contribution in [0.5, 0.6) is 5.75 Å². The van der Waals surface area contributed by atoms with Gasteiger partial charge in [0.05, 0.1) is 6.54 Å². The van der Waals surface area contributed by atoms with Gasteiger partial charge in [-0.1, -0.05) is 0 Å². The first-order valence-electron chi connectivity index (χ1n) is 8.60. The summed E-state index contributed by atoms with van der Waals surface area (Å²) in [6.45, 7) is 3.85. The highest BCUT2D eigenvalue weighted by Crippen LogP contribution is 2.25.